The van der Waals surface area contributed by atoms with Gasteiger partial charge in [0.2, 0.25) is 0 Å². The number of nitrogens with zero attached hydrogens (tertiary/aromatic N) is 3. The second-order valence-corrected chi connectivity index (χ2v) is 3.43. The van der Waals surface area contributed by atoms with Crippen LogP contribution in [0.4, 0.5) is 4.39 Å². The van der Waals surface area contributed by atoms with Crippen LogP contribution in [0.15, 0.2) is 30.5 Å². The first-order chi connectivity index (χ1) is 8.28. The molecule has 90 valence electrons. The predicted molar refractivity (Wildman–Crippen MR) is 57.8 cm³/mol. The van der Waals surface area contributed by atoms with Crippen LogP contribution < -0.4 is 4.74 Å². The number of aliphatic hydroxyl groups is 1. The topological polar surface area (TPSA) is 60.2 Å². The molecular formula is C11H12FN3O2. The molecule has 5 nitrogen and oxygen atoms in total. The number of halogens is 1. The third-order valence-electron chi connectivity index (χ3n) is 2.15. The molecule has 2 rings (SSSR count). The lowest BCUT2D eigenvalue weighted by molar-refractivity contribution is 0.276. The van der Waals surface area contributed by atoms with Crippen molar-refractivity contribution in [2.24, 2.45) is 0 Å². The van der Waals surface area contributed by atoms with Crippen LogP contribution in [0.1, 0.15) is 5.69 Å². The minimum Gasteiger partial charge on any atom is -0.492 e. The maximum absolute atomic E-state index is 12.6. The zero-order chi connectivity index (χ0) is 12.1. The molecule has 17 heavy (non-hydrogen) atoms. The molecule has 0 saturated heterocycles. The molecule has 0 atom stereocenters. The monoisotopic (exact) mass is 237 g/mol. The fourth-order valence-corrected chi connectivity index (χ4v) is 1.31. The Hall–Kier alpha value is -1.95. The number of aliphatic hydroxyl groups excluding tert-OH is 1. The van der Waals surface area contributed by atoms with Crippen LogP contribution in [0.25, 0.3) is 0 Å². The molecular weight excluding hydrogens is 225 g/mol. The lowest BCUT2D eigenvalue weighted by Crippen LogP contribution is -2.08. The van der Waals surface area contributed by atoms with Crippen LogP contribution in [-0.4, -0.2) is 26.7 Å². The van der Waals surface area contributed by atoms with Gasteiger partial charge in [-0.25, -0.2) is 9.07 Å². The number of aromatic nitrogens is 3. The molecule has 0 saturated carbocycles. The summed E-state index contributed by atoms with van der Waals surface area (Å²) in [5.41, 5.74) is 0.520. The summed E-state index contributed by atoms with van der Waals surface area (Å²) in [5, 5.41) is 16.3. The zero-order valence-corrected chi connectivity index (χ0v) is 9.08. The van der Waals surface area contributed by atoms with Gasteiger partial charge in [0.1, 0.15) is 23.9 Å². The summed E-state index contributed by atoms with van der Waals surface area (Å²) in [7, 11) is 0. The standard InChI is InChI=1S/C11H12FN3O2/c12-9-1-3-11(4-2-9)17-6-5-15-7-10(8-16)13-14-15/h1-4,7,16H,5-6,8H2. The molecule has 0 aliphatic carbocycles. The lowest BCUT2D eigenvalue weighted by Gasteiger charge is -2.05. The van der Waals surface area contributed by atoms with Gasteiger partial charge < -0.3 is 9.84 Å². The highest BCUT2D eigenvalue weighted by molar-refractivity contribution is 5.21. The van der Waals surface area contributed by atoms with Crippen molar-refractivity contribution in [3.8, 4) is 5.75 Å². The van der Waals surface area contributed by atoms with Gasteiger partial charge in [-0.05, 0) is 24.3 Å². The van der Waals surface area contributed by atoms with Crippen molar-refractivity contribution in [2.75, 3.05) is 6.61 Å². The quantitative estimate of drug-likeness (QED) is 0.842. The van der Waals surface area contributed by atoms with Gasteiger partial charge in [-0.2, -0.15) is 0 Å². The van der Waals surface area contributed by atoms with Crippen LogP contribution in [0, 0.1) is 5.82 Å². The smallest absolute Gasteiger partial charge is 0.123 e. The van der Waals surface area contributed by atoms with E-state index >= 15 is 0 Å². The van der Waals surface area contributed by atoms with Crippen molar-refractivity contribution in [1.29, 1.82) is 0 Å². The minimum absolute atomic E-state index is 0.126. The third-order valence-corrected chi connectivity index (χ3v) is 2.15. The summed E-state index contributed by atoms with van der Waals surface area (Å²) in [4.78, 5) is 0. The molecule has 1 aromatic heterocycles. The first-order valence-electron chi connectivity index (χ1n) is 5.16. The minimum atomic E-state index is -0.291. The van der Waals surface area contributed by atoms with Gasteiger partial charge in [0.05, 0.1) is 19.3 Å². The number of rotatable bonds is 5. The number of benzene rings is 1. The van der Waals surface area contributed by atoms with Gasteiger partial charge in [0.15, 0.2) is 0 Å². The summed E-state index contributed by atoms with van der Waals surface area (Å²) in [5.74, 6) is 0.315. The van der Waals surface area contributed by atoms with E-state index in [-0.39, 0.29) is 12.4 Å². The molecule has 2 aromatic rings. The highest BCUT2D eigenvalue weighted by Crippen LogP contribution is 2.10. The summed E-state index contributed by atoms with van der Waals surface area (Å²) < 4.78 is 19.6. The fourth-order valence-electron chi connectivity index (χ4n) is 1.31. The van der Waals surface area contributed by atoms with Crippen molar-refractivity contribution >= 4 is 0 Å². The van der Waals surface area contributed by atoms with E-state index in [0.717, 1.165) is 0 Å². The van der Waals surface area contributed by atoms with Crippen LogP contribution in [0.3, 0.4) is 0 Å². The largest absolute Gasteiger partial charge is 0.492 e. The molecule has 0 amide bonds. The lowest BCUT2D eigenvalue weighted by atomic mass is 10.3. The maximum atomic E-state index is 12.6. The van der Waals surface area contributed by atoms with Crippen molar-refractivity contribution in [1.82, 2.24) is 15.0 Å². The Morgan fingerprint density at radius 1 is 1.29 bits per heavy atom. The van der Waals surface area contributed by atoms with Crippen LogP contribution >= 0.6 is 0 Å². The Kier molecular flexibility index (Phi) is 3.66. The van der Waals surface area contributed by atoms with Gasteiger partial charge in [0, 0.05) is 0 Å². The van der Waals surface area contributed by atoms with Crippen LogP contribution in [0.2, 0.25) is 0 Å². The van der Waals surface area contributed by atoms with Gasteiger partial charge in [-0.1, -0.05) is 5.21 Å². The number of ether oxygens (including phenoxy) is 1. The van der Waals surface area contributed by atoms with Crippen molar-refractivity contribution in [3.05, 3.63) is 42.0 Å². The molecule has 0 bridgehead atoms. The molecule has 1 aromatic carbocycles. The van der Waals surface area contributed by atoms with E-state index in [9.17, 15) is 4.39 Å². The molecule has 0 unspecified atom stereocenters. The molecule has 0 aliphatic rings. The predicted octanol–water partition coefficient (Wildman–Crippen LogP) is 0.988. The normalized spacial score (nSPS) is 10.5. The molecule has 1 heterocycles. The summed E-state index contributed by atoms with van der Waals surface area (Å²) in [6.45, 7) is 0.795. The summed E-state index contributed by atoms with van der Waals surface area (Å²) in [6.07, 6.45) is 1.65. The molecule has 0 radical (unpaired) electrons. The Labute approximate surface area is 97.5 Å². The van der Waals surface area contributed by atoms with E-state index in [0.29, 0.717) is 24.6 Å². The number of hydrogen-bond donors (Lipinski definition) is 1. The van der Waals surface area contributed by atoms with E-state index in [4.69, 9.17) is 9.84 Å². The van der Waals surface area contributed by atoms with E-state index < -0.39 is 0 Å². The molecule has 1 N–H and O–H groups in total. The van der Waals surface area contributed by atoms with E-state index in [1.165, 1.54) is 12.1 Å². The Balaban J connectivity index is 1.81. The number of hydrogen-bond acceptors (Lipinski definition) is 4. The Bertz CT molecular complexity index is 470. The summed E-state index contributed by atoms with van der Waals surface area (Å²) >= 11 is 0. The molecule has 0 fully saturated rings. The molecule has 6 heteroatoms. The second-order valence-electron chi connectivity index (χ2n) is 3.43. The highest BCUT2D eigenvalue weighted by Gasteiger charge is 1.99. The van der Waals surface area contributed by atoms with Gasteiger partial charge in [-0.3, -0.25) is 0 Å². The first kappa shape index (κ1) is 11.5. The van der Waals surface area contributed by atoms with Crippen LogP contribution in [-0.2, 0) is 13.2 Å². The van der Waals surface area contributed by atoms with E-state index in [1.807, 2.05) is 0 Å². The fraction of sp³-hybridized carbons (Fsp3) is 0.273. The van der Waals surface area contributed by atoms with Crippen LogP contribution in [0.5, 0.6) is 5.75 Å². The van der Waals surface area contributed by atoms with Crippen molar-refractivity contribution in [2.45, 2.75) is 13.2 Å². The van der Waals surface area contributed by atoms with Gasteiger partial charge >= 0.3 is 0 Å². The second kappa shape index (κ2) is 5.40. The van der Waals surface area contributed by atoms with Crippen molar-refractivity contribution < 1.29 is 14.2 Å². The third kappa shape index (κ3) is 3.25. The van der Waals surface area contributed by atoms with Gasteiger partial charge in [0.25, 0.3) is 0 Å². The Morgan fingerprint density at radius 2 is 2.06 bits per heavy atom. The van der Waals surface area contributed by atoms with E-state index in [2.05, 4.69) is 10.3 Å². The van der Waals surface area contributed by atoms with Gasteiger partial charge in [-0.15, -0.1) is 5.10 Å². The Morgan fingerprint density at radius 3 is 2.71 bits per heavy atom. The zero-order valence-electron chi connectivity index (χ0n) is 9.08. The average molecular weight is 237 g/mol. The average Bonchev–Trinajstić information content (AvgIpc) is 2.80. The first-order valence-corrected chi connectivity index (χ1v) is 5.16. The molecule has 0 aliphatic heterocycles. The maximum Gasteiger partial charge on any atom is 0.123 e. The van der Waals surface area contributed by atoms with Crippen molar-refractivity contribution in [3.63, 3.8) is 0 Å². The highest BCUT2D eigenvalue weighted by atomic mass is 19.1. The molecule has 0 spiro atoms. The summed E-state index contributed by atoms with van der Waals surface area (Å²) in [6, 6.07) is 5.81. The SMILES string of the molecule is OCc1cn(CCOc2ccc(F)cc2)nn1. The van der Waals surface area contributed by atoms with E-state index in [1.54, 1.807) is 23.0 Å².